The van der Waals surface area contributed by atoms with Crippen LogP contribution in [0.1, 0.15) is 6.42 Å². The topological polar surface area (TPSA) is 92.7 Å². The van der Waals surface area contributed by atoms with Gasteiger partial charge in [-0.1, -0.05) is 0 Å². The number of rotatable bonds is 18. The van der Waals surface area contributed by atoms with E-state index < -0.39 is 13.7 Å². The van der Waals surface area contributed by atoms with Gasteiger partial charge < -0.3 is 28.4 Å². The zero-order valence-corrected chi connectivity index (χ0v) is 15.0. The average molecular weight is 357 g/mol. The van der Waals surface area contributed by atoms with E-state index in [4.69, 9.17) is 28.4 Å². The van der Waals surface area contributed by atoms with Gasteiger partial charge in [-0.3, -0.25) is 0 Å². The van der Waals surface area contributed by atoms with Crippen LogP contribution in [-0.4, -0.2) is 90.8 Å². The molecule has 2 unspecified atom stereocenters. The van der Waals surface area contributed by atoms with Crippen LogP contribution in [-0.2, 0) is 33.0 Å². The molecule has 0 aliphatic carbocycles. The predicted octanol–water partition coefficient (Wildman–Crippen LogP) is 0.839. The number of ether oxygens (including phenoxy) is 6. The predicted molar refractivity (Wildman–Crippen MR) is 85.3 cm³/mol. The Morgan fingerprint density at radius 2 is 1.17 bits per heavy atom. The molecule has 0 heterocycles. The largest absolute Gasteiger partial charge is 0.511 e. The Morgan fingerprint density at radius 3 is 1.65 bits per heavy atom. The molecule has 0 saturated heterocycles. The van der Waals surface area contributed by atoms with E-state index in [1.54, 1.807) is 14.2 Å². The number of hydrogen-bond donors (Lipinski definition) is 1. The summed E-state index contributed by atoms with van der Waals surface area (Å²) in [6.45, 7) is 4.58. The number of methoxy groups -OCH3 is 2. The summed E-state index contributed by atoms with van der Waals surface area (Å²) in [5, 5.41) is 0. The van der Waals surface area contributed by atoms with Gasteiger partial charge in [0.1, 0.15) is 0 Å². The van der Waals surface area contributed by atoms with Gasteiger partial charge in [-0.25, -0.2) is 0 Å². The van der Waals surface area contributed by atoms with Crippen molar-refractivity contribution in [1.29, 1.82) is 0 Å². The van der Waals surface area contributed by atoms with Crippen molar-refractivity contribution in [1.82, 2.24) is 0 Å². The lowest BCUT2D eigenvalue weighted by Crippen LogP contribution is -2.17. The van der Waals surface area contributed by atoms with E-state index in [0.717, 1.165) is 0 Å². The first-order valence-corrected chi connectivity index (χ1v) is 8.94. The van der Waals surface area contributed by atoms with Crippen molar-refractivity contribution < 1.29 is 37.9 Å². The first-order valence-electron chi connectivity index (χ1n) is 7.66. The maximum Gasteiger partial charge on any atom is 0.511 e. The van der Waals surface area contributed by atoms with Gasteiger partial charge in [0.15, 0.2) is 0 Å². The van der Waals surface area contributed by atoms with Crippen molar-refractivity contribution in [3.63, 3.8) is 0 Å². The molecule has 0 bridgehead atoms. The van der Waals surface area contributed by atoms with Crippen molar-refractivity contribution >= 4 is 8.03 Å². The molecule has 8 nitrogen and oxygen atoms in total. The molecule has 0 radical (unpaired) electrons. The lowest BCUT2D eigenvalue weighted by Gasteiger charge is -2.08. The second-order valence-electron chi connectivity index (χ2n) is 4.64. The Morgan fingerprint density at radius 1 is 0.739 bits per heavy atom. The third-order valence-electron chi connectivity index (χ3n) is 2.83. The molecule has 2 atom stereocenters. The lowest BCUT2D eigenvalue weighted by atomic mass is 10.3. The van der Waals surface area contributed by atoms with Crippen molar-refractivity contribution in [3.8, 4) is 0 Å². The Bertz CT molecular complexity index is 267. The molecule has 138 valence electrons. The molecule has 0 aromatic carbocycles. The van der Waals surface area contributed by atoms with Crippen LogP contribution < -0.4 is 0 Å². The van der Waals surface area contributed by atoms with E-state index in [0.29, 0.717) is 65.9 Å². The van der Waals surface area contributed by atoms with Gasteiger partial charge >= 0.3 is 8.03 Å². The molecule has 0 aliphatic heterocycles. The second-order valence-corrected chi connectivity index (χ2v) is 5.98. The van der Waals surface area contributed by atoms with E-state index in [1.165, 1.54) is 0 Å². The molecular weight excluding hydrogens is 327 g/mol. The Balaban J connectivity index is 3.40. The molecule has 1 N–H and O–H groups in total. The van der Waals surface area contributed by atoms with Gasteiger partial charge in [0, 0.05) is 20.6 Å². The summed E-state index contributed by atoms with van der Waals surface area (Å²) >= 11 is 0. The van der Waals surface area contributed by atoms with Gasteiger partial charge in [0.25, 0.3) is 0 Å². The monoisotopic (exact) mass is 357 g/mol. The highest BCUT2D eigenvalue weighted by atomic mass is 31.1. The third kappa shape index (κ3) is 16.5. The minimum absolute atomic E-state index is 0.230. The summed E-state index contributed by atoms with van der Waals surface area (Å²) < 4.78 is 42.1. The minimum atomic E-state index is -2.28. The summed E-state index contributed by atoms with van der Waals surface area (Å²) in [6, 6.07) is 0. The van der Waals surface area contributed by atoms with Crippen molar-refractivity contribution in [2.45, 2.75) is 12.1 Å². The van der Waals surface area contributed by atoms with E-state index in [2.05, 4.69) is 0 Å². The average Bonchev–Trinajstić information content (AvgIpc) is 2.54. The highest BCUT2D eigenvalue weighted by Crippen LogP contribution is 2.25. The van der Waals surface area contributed by atoms with Gasteiger partial charge in [0.05, 0.1) is 66.1 Å². The highest BCUT2D eigenvalue weighted by Gasteiger charge is 2.28. The lowest BCUT2D eigenvalue weighted by molar-refractivity contribution is 0.00235. The van der Waals surface area contributed by atoms with Gasteiger partial charge in [-0.2, -0.15) is 4.89 Å². The Hall–Kier alpha value is -0.180. The molecule has 0 spiro atoms. The fourth-order valence-electron chi connectivity index (χ4n) is 1.52. The van der Waals surface area contributed by atoms with E-state index >= 15 is 0 Å². The maximum atomic E-state index is 11.2. The second kappa shape index (κ2) is 18.2. The zero-order chi connectivity index (χ0) is 17.2. The molecule has 0 rings (SSSR count). The van der Waals surface area contributed by atoms with Gasteiger partial charge in [-0.05, 0) is 4.57 Å². The fraction of sp³-hybridized carbons (Fsp3) is 1.00. The van der Waals surface area contributed by atoms with Crippen LogP contribution in [0.4, 0.5) is 0 Å². The van der Waals surface area contributed by atoms with E-state index in [9.17, 15) is 9.46 Å². The molecule has 0 amide bonds. The van der Waals surface area contributed by atoms with Crippen LogP contribution in [0.3, 0.4) is 0 Å². The van der Waals surface area contributed by atoms with E-state index in [1.807, 2.05) is 0 Å². The SMILES string of the molecule is COCCOCCOCCOCCC(COCCOC)[P+](=O)O. The molecule has 0 fully saturated rings. The Labute approximate surface area is 139 Å². The maximum absolute atomic E-state index is 11.2. The van der Waals surface area contributed by atoms with Crippen molar-refractivity contribution in [2.24, 2.45) is 0 Å². The van der Waals surface area contributed by atoms with Crippen LogP contribution in [0.2, 0.25) is 0 Å². The molecule has 0 aromatic rings. The molecule has 9 heteroatoms. The van der Waals surface area contributed by atoms with Gasteiger partial charge in [-0.15, -0.1) is 0 Å². The van der Waals surface area contributed by atoms with Crippen molar-refractivity contribution in [2.75, 3.05) is 80.3 Å². The van der Waals surface area contributed by atoms with Crippen LogP contribution in [0.15, 0.2) is 0 Å². The van der Waals surface area contributed by atoms with Crippen LogP contribution in [0.5, 0.6) is 0 Å². The first kappa shape index (κ1) is 22.8. The molecular formula is C14H30O8P+. The summed E-state index contributed by atoms with van der Waals surface area (Å²) in [5.41, 5.74) is -0.419. The quantitative estimate of drug-likeness (QED) is 0.285. The van der Waals surface area contributed by atoms with Crippen LogP contribution in [0, 0.1) is 0 Å². The standard InChI is InChI=1S/C14H29O8P/c1-17-5-7-20-11-12-21-10-9-19-4-3-14(23(15)16)13-22-8-6-18-2/h14H,3-13H2,1-2H3/p+1. The summed E-state index contributed by atoms with van der Waals surface area (Å²) in [7, 11) is 0.927. The van der Waals surface area contributed by atoms with E-state index in [-0.39, 0.29) is 6.61 Å². The highest BCUT2D eigenvalue weighted by molar-refractivity contribution is 7.38. The molecule has 0 saturated carbocycles. The minimum Gasteiger partial charge on any atom is -0.382 e. The molecule has 23 heavy (non-hydrogen) atoms. The normalized spacial score (nSPS) is 13.3. The van der Waals surface area contributed by atoms with Crippen molar-refractivity contribution in [3.05, 3.63) is 0 Å². The first-order chi connectivity index (χ1) is 11.2. The molecule has 0 aliphatic rings. The van der Waals surface area contributed by atoms with Crippen LogP contribution >= 0.6 is 8.03 Å². The van der Waals surface area contributed by atoms with Crippen LogP contribution in [0.25, 0.3) is 0 Å². The summed E-state index contributed by atoms with van der Waals surface area (Å²) in [5.74, 6) is 0. The zero-order valence-electron chi connectivity index (χ0n) is 14.1. The number of hydrogen-bond acceptors (Lipinski definition) is 7. The third-order valence-corrected chi connectivity index (χ3v) is 3.86. The summed E-state index contributed by atoms with van der Waals surface area (Å²) in [4.78, 5) is 9.23. The Kier molecular flexibility index (Phi) is 18.0. The smallest absolute Gasteiger partial charge is 0.382 e. The molecule has 0 aromatic heterocycles. The summed E-state index contributed by atoms with van der Waals surface area (Å²) in [6.07, 6.45) is 0.471. The van der Waals surface area contributed by atoms with Gasteiger partial charge in [0.2, 0.25) is 5.66 Å². The fourth-order valence-corrected chi connectivity index (χ4v) is 2.08.